The van der Waals surface area contributed by atoms with Gasteiger partial charge < -0.3 is 15.5 Å². The number of benzene rings is 1. The molecular formula is C12H17NO2. The summed E-state index contributed by atoms with van der Waals surface area (Å²) in [5.41, 5.74) is 1.11. The molecule has 3 nitrogen and oxygen atoms in total. The Morgan fingerprint density at radius 3 is 2.80 bits per heavy atom. The van der Waals surface area contributed by atoms with Gasteiger partial charge >= 0.3 is 0 Å². The summed E-state index contributed by atoms with van der Waals surface area (Å²) in [6, 6.07) is 5.63. The van der Waals surface area contributed by atoms with Gasteiger partial charge in [0.1, 0.15) is 0 Å². The van der Waals surface area contributed by atoms with Crippen LogP contribution in [-0.2, 0) is 0 Å². The van der Waals surface area contributed by atoms with E-state index in [1.54, 1.807) is 12.1 Å². The highest BCUT2D eigenvalue weighted by molar-refractivity contribution is 5.42. The molecule has 2 rings (SSSR count). The van der Waals surface area contributed by atoms with Crippen LogP contribution in [0.25, 0.3) is 0 Å². The standard InChI is InChI=1S/C12H17NO2/c1-2-10-9(5-6-13-10)8-3-4-11(14)12(15)7-8/h3-4,7,9-10,13-15H,2,5-6H2,1H3. The predicted octanol–water partition coefficient (Wildman–Crippen LogP) is 1.95. The first-order chi connectivity index (χ1) is 7.22. The number of hydrogen-bond acceptors (Lipinski definition) is 3. The Labute approximate surface area is 89.8 Å². The van der Waals surface area contributed by atoms with Gasteiger partial charge in [0.15, 0.2) is 11.5 Å². The van der Waals surface area contributed by atoms with Gasteiger partial charge in [-0.2, -0.15) is 0 Å². The zero-order valence-electron chi connectivity index (χ0n) is 8.90. The van der Waals surface area contributed by atoms with Crippen molar-refractivity contribution in [2.75, 3.05) is 6.54 Å². The van der Waals surface area contributed by atoms with Gasteiger partial charge in [-0.05, 0) is 37.1 Å². The maximum atomic E-state index is 9.45. The Morgan fingerprint density at radius 1 is 1.33 bits per heavy atom. The monoisotopic (exact) mass is 207 g/mol. The highest BCUT2D eigenvalue weighted by atomic mass is 16.3. The molecule has 0 saturated carbocycles. The molecule has 0 amide bonds. The van der Waals surface area contributed by atoms with Gasteiger partial charge in [-0.15, -0.1) is 0 Å². The molecule has 1 heterocycles. The van der Waals surface area contributed by atoms with Crippen molar-refractivity contribution in [2.24, 2.45) is 0 Å². The van der Waals surface area contributed by atoms with Gasteiger partial charge in [0, 0.05) is 12.0 Å². The van der Waals surface area contributed by atoms with E-state index in [9.17, 15) is 10.2 Å². The van der Waals surface area contributed by atoms with E-state index in [2.05, 4.69) is 12.2 Å². The number of phenolic OH excluding ortho intramolecular Hbond substituents is 2. The third-order valence-corrected chi connectivity index (χ3v) is 3.22. The van der Waals surface area contributed by atoms with Crippen molar-refractivity contribution in [2.45, 2.75) is 31.7 Å². The van der Waals surface area contributed by atoms with Crippen LogP contribution in [0.5, 0.6) is 11.5 Å². The van der Waals surface area contributed by atoms with E-state index in [-0.39, 0.29) is 11.5 Å². The molecule has 82 valence electrons. The first kappa shape index (κ1) is 10.3. The second kappa shape index (κ2) is 4.11. The Bertz CT molecular complexity index is 351. The lowest BCUT2D eigenvalue weighted by molar-refractivity contribution is 0.402. The zero-order valence-corrected chi connectivity index (χ0v) is 8.90. The lowest BCUT2D eigenvalue weighted by atomic mass is 9.90. The molecule has 3 N–H and O–H groups in total. The number of hydrogen-bond donors (Lipinski definition) is 3. The average Bonchev–Trinajstić information content (AvgIpc) is 2.70. The lowest BCUT2D eigenvalue weighted by Crippen LogP contribution is -2.24. The van der Waals surface area contributed by atoms with E-state index in [0.717, 1.165) is 24.9 Å². The number of aromatic hydroxyl groups is 2. The summed E-state index contributed by atoms with van der Waals surface area (Å²) in [4.78, 5) is 0. The van der Waals surface area contributed by atoms with Crippen molar-refractivity contribution in [1.29, 1.82) is 0 Å². The second-order valence-corrected chi connectivity index (χ2v) is 4.11. The van der Waals surface area contributed by atoms with Crippen molar-refractivity contribution in [3.8, 4) is 11.5 Å². The van der Waals surface area contributed by atoms with Crippen LogP contribution in [-0.4, -0.2) is 22.8 Å². The minimum atomic E-state index is -0.0437. The Balaban J connectivity index is 2.25. The van der Waals surface area contributed by atoms with E-state index in [1.807, 2.05) is 6.07 Å². The molecule has 1 aromatic rings. The largest absolute Gasteiger partial charge is 0.504 e. The fourth-order valence-electron chi connectivity index (χ4n) is 2.37. The van der Waals surface area contributed by atoms with Crippen molar-refractivity contribution >= 4 is 0 Å². The summed E-state index contributed by atoms with van der Waals surface area (Å²) >= 11 is 0. The third kappa shape index (κ3) is 1.92. The van der Waals surface area contributed by atoms with E-state index in [0.29, 0.717) is 12.0 Å². The highest BCUT2D eigenvalue weighted by Gasteiger charge is 2.26. The Hall–Kier alpha value is -1.22. The SMILES string of the molecule is CCC1NCCC1c1ccc(O)c(O)c1. The molecular weight excluding hydrogens is 190 g/mol. The number of rotatable bonds is 2. The first-order valence-electron chi connectivity index (χ1n) is 5.47. The van der Waals surface area contributed by atoms with Gasteiger partial charge in [-0.1, -0.05) is 13.0 Å². The Kier molecular flexibility index (Phi) is 2.82. The molecule has 1 aromatic carbocycles. The van der Waals surface area contributed by atoms with Crippen LogP contribution in [0.4, 0.5) is 0 Å². The molecule has 1 saturated heterocycles. The molecule has 1 fully saturated rings. The van der Waals surface area contributed by atoms with Crippen molar-refractivity contribution in [1.82, 2.24) is 5.32 Å². The van der Waals surface area contributed by atoms with Crippen LogP contribution in [0.15, 0.2) is 18.2 Å². The zero-order chi connectivity index (χ0) is 10.8. The topological polar surface area (TPSA) is 52.5 Å². The molecule has 0 aromatic heterocycles. The van der Waals surface area contributed by atoms with Crippen LogP contribution >= 0.6 is 0 Å². The molecule has 15 heavy (non-hydrogen) atoms. The van der Waals surface area contributed by atoms with Gasteiger partial charge in [-0.25, -0.2) is 0 Å². The lowest BCUT2D eigenvalue weighted by Gasteiger charge is -2.18. The fraction of sp³-hybridized carbons (Fsp3) is 0.500. The van der Waals surface area contributed by atoms with Crippen LogP contribution in [0.1, 0.15) is 31.2 Å². The normalized spacial score (nSPS) is 25.7. The van der Waals surface area contributed by atoms with Crippen LogP contribution in [0.3, 0.4) is 0 Å². The minimum absolute atomic E-state index is 0.0192. The molecule has 2 atom stereocenters. The molecule has 0 bridgehead atoms. The van der Waals surface area contributed by atoms with Gasteiger partial charge in [-0.3, -0.25) is 0 Å². The summed E-state index contributed by atoms with van der Waals surface area (Å²) < 4.78 is 0. The fourth-order valence-corrected chi connectivity index (χ4v) is 2.37. The van der Waals surface area contributed by atoms with E-state index in [1.165, 1.54) is 0 Å². The van der Waals surface area contributed by atoms with Gasteiger partial charge in [0.25, 0.3) is 0 Å². The number of nitrogens with one attached hydrogen (secondary N) is 1. The summed E-state index contributed by atoms with van der Waals surface area (Å²) in [6.45, 7) is 3.20. The quantitative estimate of drug-likeness (QED) is 0.650. The average molecular weight is 207 g/mol. The van der Waals surface area contributed by atoms with Crippen molar-refractivity contribution in [3.63, 3.8) is 0 Å². The summed E-state index contributed by atoms with van der Waals surface area (Å²) in [5.74, 6) is 0.397. The van der Waals surface area contributed by atoms with Crippen molar-refractivity contribution in [3.05, 3.63) is 23.8 Å². The molecule has 0 spiro atoms. The number of phenols is 2. The van der Waals surface area contributed by atoms with Gasteiger partial charge in [0.2, 0.25) is 0 Å². The summed E-state index contributed by atoms with van der Waals surface area (Å²) in [5, 5.41) is 22.1. The van der Waals surface area contributed by atoms with Gasteiger partial charge in [0.05, 0.1) is 0 Å². The van der Waals surface area contributed by atoms with E-state index < -0.39 is 0 Å². The first-order valence-corrected chi connectivity index (χ1v) is 5.47. The van der Waals surface area contributed by atoms with Crippen molar-refractivity contribution < 1.29 is 10.2 Å². The summed E-state index contributed by atoms with van der Waals surface area (Å²) in [6.07, 6.45) is 2.19. The maximum Gasteiger partial charge on any atom is 0.157 e. The second-order valence-electron chi connectivity index (χ2n) is 4.11. The van der Waals surface area contributed by atoms with Crippen LogP contribution in [0, 0.1) is 0 Å². The molecule has 2 unspecified atom stereocenters. The van der Waals surface area contributed by atoms with Crippen LogP contribution in [0.2, 0.25) is 0 Å². The molecule has 0 aliphatic carbocycles. The maximum absolute atomic E-state index is 9.45. The van der Waals surface area contributed by atoms with Crippen LogP contribution < -0.4 is 5.32 Å². The molecule has 0 radical (unpaired) electrons. The van der Waals surface area contributed by atoms with E-state index >= 15 is 0 Å². The predicted molar refractivity (Wildman–Crippen MR) is 59.2 cm³/mol. The highest BCUT2D eigenvalue weighted by Crippen LogP contribution is 2.34. The minimum Gasteiger partial charge on any atom is -0.504 e. The smallest absolute Gasteiger partial charge is 0.157 e. The third-order valence-electron chi connectivity index (χ3n) is 3.22. The molecule has 1 aliphatic rings. The molecule has 3 heteroatoms. The molecule has 1 aliphatic heterocycles. The van der Waals surface area contributed by atoms with E-state index in [4.69, 9.17) is 0 Å². The summed E-state index contributed by atoms with van der Waals surface area (Å²) in [7, 11) is 0. The Morgan fingerprint density at radius 2 is 2.13 bits per heavy atom.